The summed E-state index contributed by atoms with van der Waals surface area (Å²) in [5.41, 5.74) is 0. The van der Waals surface area contributed by atoms with Crippen LogP contribution in [0, 0.1) is 0 Å². The molecule has 0 aromatic carbocycles. The smallest absolute Gasteiger partial charge is 0.311 e. The average molecular weight is 216 g/mol. The zero-order valence-corrected chi connectivity index (χ0v) is 8.81. The normalized spacial score (nSPS) is 46.6. The molecule has 15 heavy (non-hydrogen) atoms. The van der Waals surface area contributed by atoms with Gasteiger partial charge in [-0.1, -0.05) is 6.92 Å². The van der Waals surface area contributed by atoms with Gasteiger partial charge in [-0.2, -0.15) is 0 Å². The van der Waals surface area contributed by atoms with Crippen molar-refractivity contribution in [1.82, 2.24) is 0 Å². The van der Waals surface area contributed by atoms with Gasteiger partial charge in [-0.25, -0.2) is 0 Å². The summed E-state index contributed by atoms with van der Waals surface area (Å²) in [6, 6.07) is 0. The quantitative estimate of drug-likeness (QED) is 0.452. The molecule has 3 heterocycles. The highest BCUT2D eigenvalue weighted by atomic mass is 17.0. The van der Waals surface area contributed by atoms with E-state index in [1.165, 1.54) is 0 Å². The first-order valence-electron chi connectivity index (χ1n) is 5.51. The van der Waals surface area contributed by atoms with Crippen LogP contribution < -0.4 is 0 Å². The monoisotopic (exact) mass is 216 g/mol. The fourth-order valence-corrected chi connectivity index (χ4v) is 1.54. The van der Waals surface area contributed by atoms with Crippen LogP contribution in [0.1, 0.15) is 13.3 Å². The number of hydrogen-bond acceptors (Lipinski definition) is 5. The second-order valence-electron chi connectivity index (χ2n) is 4.15. The van der Waals surface area contributed by atoms with Gasteiger partial charge < -0.3 is 23.7 Å². The van der Waals surface area contributed by atoms with Crippen LogP contribution in [-0.4, -0.2) is 50.7 Å². The van der Waals surface area contributed by atoms with E-state index in [1.54, 1.807) is 0 Å². The van der Waals surface area contributed by atoms with Crippen LogP contribution in [0.5, 0.6) is 0 Å². The van der Waals surface area contributed by atoms with E-state index in [0.717, 1.165) is 19.6 Å². The van der Waals surface area contributed by atoms with E-state index in [1.807, 2.05) is 0 Å². The van der Waals surface area contributed by atoms with E-state index in [4.69, 9.17) is 23.7 Å². The fraction of sp³-hybridized carbons (Fsp3) is 1.00. The first-order chi connectivity index (χ1) is 7.32. The van der Waals surface area contributed by atoms with Gasteiger partial charge in [0.15, 0.2) is 0 Å². The van der Waals surface area contributed by atoms with Crippen LogP contribution >= 0.6 is 0 Å². The van der Waals surface area contributed by atoms with Crippen molar-refractivity contribution < 1.29 is 23.7 Å². The minimum atomic E-state index is -0.799. The van der Waals surface area contributed by atoms with Gasteiger partial charge in [-0.3, -0.25) is 0 Å². The summed E-state index contributed by atoms with van der Waals surface area (Å²) in [5, 5.41) is 0. The molecule has 3 fully saturated rings. The van der Waals surface area contributed by atoms with Gasteiger partial charge >= 0.3 is 5.97 Å². The molecule has 0 aliphatic carbocycles. The lowest BCUT2D eigenvalue weighted by Crippen LogP contribution is -2.28. The molecule has 3 atom stereocenters. The first kappa shape index (κ1) is 9.99. The summed E-state index contributed by atoms with van der Waals surface area (Å²) in [4.78, 5) is 0. The Labute approximate surface area is 88.6 Å². The highest BCUT2D eigenvalue weighted by Gasteiger charge is 2.60. The van der Waals surface area contributed by atoms with Gasteiger partial charge in [-0.05, 0) is 6.42 Å². The molecular formula is C10H16O5. The number of hydrogen-bond donors (Lipinski definition) is 0. The molecule has 86 valence electrons. The summed E-state index contributed by atoms with van der Waals surface area (Å²) < 4.78 is 26.9. The highest BCUT2D eigenvalue weighted by molar-refractivity contribution is 4.87. The minimum absolute atomic E-state index is 0.0648. The van der Waals surface area contributed by atoms with Gasteiger partial charge in [0.2, 0.25) is 0 Å². The van der Waals surface area contributed by atoms with Crippen LogP contribution in [0.3, 0.4) is 0 Å². The maximum atomic E-state index is 5.62. The Morgan fingerprint density at radius 3 is 2.00 bits per heavy atom. The second-order valence-corrected chi connectivity index (χ2v) is 4.15. The molecule has 0 aromatic heterocycles. The minimum Gasteiger partial charge on any atom is -0.371 e. The molecule has 3 aliphatic rings. The van der Waals surface area contributed by atoms with E-state index >= 15 is 0 Å². The van der Waals surface area contributed by atoms with Crippen LogP contribution in [0.25, 0.3) is 0 Å². The standard InChI is InChI=1S/C10H16O5/c1-2-9-10(15-9,13-5-7-3-11-7)14-6-8-4-12-8/h7-9H,2-6H2,1H3. The van der Waals surface area contributed by atoms with Gasteiger partial charge in [-0.15, -0.1) is 0 Å². The summed E-state index contributed by atoms with van der Waals surface area (Å²) in [6.07, 6.45) is 1.44. The van der Waals surface area contributed by atoms with Crippen molar-refractivity contribution in [3.8, 4) is 0 Å². The van der Waals surface area contributed by atoms with Crippen LogP contribution in [0.4, 0.5) is 0 Å². The van der Waals surface area contributed by atoms with Gasteiger partial charge in [0.05, 0.1) is 26.4 Å². The van der Waals surface area contributed by atoms with Crippen molar-refractivity contribution in [3.05, 3.63) is 0 Å². The lowest BCUT2D eigenvalue weighted by atomic mass is 10.3. The Morgan fingerprint density at radius 1 is 1.13 bits per heavy atom. The fourth-order valence-electron chi connectivity index (χ4n) is 1.54. The van der Waals surface area contributed by atoms with Crippen molar-refractivity contribution >= 4 is 0 Å². The second kappa shape index (κ2) is 3.68. The molecular weight excluding hydrogens is 200 g/mol. The highest BCUT2D eigenvalue weighted by Crippen LogP contribution is 2.42. The summed E-state index contributed by atoms with van der Waals surface area (Å²) in [6.45, 7) is 4.75. The zero-order chi connectivity index (χ0) is 10.3. The zero-order valence-electron chi connectivity index (χ0n) is 8.81. The predicted octanol–water partition coefficient (Wildman–Crippen LogP) is 0.280. The van der Waals surface area contributed by atoms with Gasteiger partial charge in [0.1, 0.15) is 18.3 Å². The predicted molar refractivity (Wildman–Crippen MR) is 49.3 cm³/mol. The van der Waals surface area contributed by atoms with Crippen molar-refractivity contribution in [2.75, 3.05) is 26.4 Å². The third-order valence-electron chi connectivity index (χ3n) is 2.76. The maximum absolute atomic E-state index is 5.62. The van der Waals surface area contributed by atoms with E-state index in [-0.39, 0.29) is 18.3 Å². The Bertz CT molecular complexity index is 220. The lowest BCUT2D eigenvalue weighted by Gasteiger charge is -2.13. The molecule has 0 bridgehead atoms. The van der Waals surface area contributed by atoms with E-state index in [9.17, 15) is 0 Å². The van der Waals surface area contributed by atoms with E-state index < -0.39 is 5.97 Å². The van der Waals surface area contributed by atoms with Crippen LogP contribution in [0.2, 0.25) is 0 Å². The summed E-state index contributed by atoms with van der Waals surface area (Å²) in [7, 11) is 0. The SMILES string of the molecule is CCC1OC1(OCC1CO1)OCC1CO1. The van der Waals surface area contributed by atoms with E-state index in [2.05, 4.69) is 6.92 Å². The van der Waals surface area contributed by atoms with Crippen molar-refractivity contribution in [2.24, 2.45) is 0 Å². The molecule has 0 saturated carbocycles. The molecule has 3 aliphatic heterocycles. The topological polar surface area (TPSA) is 56.0 Å². The van der Waals surface area contributed by atoms with Gasteiger partial charge in [0.25, 0.3) is 0 Å². The third kappa shape index (κ3) is 2.32. The van der Waals surface area contributed by atoms with Crippen molar-refractivity contribution in [3.63, 3.8) is 0 Å². The number of epoxide rings is 3. The molecule has 5 heteroatoms. The molecule has 3 unspecified atom stereocenters. The lowest BCUT2D eigenvalue weighted by molar-refractivity contribution is -0.231. The van der Waals surface area contributed by atoms with E-state index in [0.29, 0.717) is 13.2 Å². The molecule has 0 spiro atoms. The Morgan fingerprint density at radius 2 is 1.67 bits per heavy atom. The largest absolute Gasteiger partial charge is 0.371 e. The summed E-state index contributed by atoms with van der Waals surface area (Å²) in [5.74, 6) is -0.799. The molecule has 0 N–H and O–H groups in total. The molecule has 3 rings (SSSR count). The molecule has 0 aromatic rings. The average Bonchev–Trinajstić information content (AvgIpc) is 3.14. The molecule has 5 nitrogen and oxygen atoms in total. The Balaban J connectivity index is 1.46. The third-order valence-corrected chi connectivity index (χ3v) is 2.76. The first-order valence-corrected chi connectivity index (χ1v) is 5.51. The van der Waals surface area contributed by atoms with Crippen LogP contribution in [-0.2, 0) is 23.7 Å². The number of ether oxygens (including phenoxy) is 5. The molecule has 0 radical (unpaired) electrons. The molecule has 3 saturated heterocycles. The van der Waals surface area contributed by atoms with Crippen molar-refractivity contribution in [1.29, 1.82) is 0 Å². The molecule has 0 amide bonds. The number of rotatable bonds is 7. The maximum Gasteiger partial charge on any atom is 0.311 e. The van der Waals surface area contributed by atoms with Crippen molar-refractivity contribution in [2.45, 2.75) is 37.6 Å². The van der Waals surface area contributed by atoms with Crippen LogP contribution in [0.15, 0.2) is 0 Å². The Kier molecular flexibility index (Phi) is 2.45. The van der Waals surface area contributed by atoms with Gasteiger partial charge in [0, 0.05) is 0 Å². The summed E-state index contributed by atoms with van der Waals surface area (Å²) >= 11 is 0. The Hall–Kier alpha value is -0.200.